The number of ether oxygens (including phenoxy) is 2. The number of alkyl halides is 1. The molecule has 0 amide bonds. The third kappa shape index (κ3) is 6.00. The van der Waals surface area contributed by atoms with Crippen molar-refractivity contribution in [3.8, 4) is 11.1 Å². The van der Waals surface area contributed by atoms with Gasteiger partial charge >= 0.3 is 11.9 Å². The summed E-state index contributed by atoms with van der Waals surface area (Å²) in [5, 5.41) is 13.4. The van der Waals surface area contributed by atoms with Crippen LogP contribution in [0.5, 0.6) is 0 Å². The van der Waals surface area contributed by atoms with Gasteiger partial charge in [0.2, 0.25) is 0 Å². The van der Waals surface area contributed by atoms with Gasteiger partial charge in [0.1, 0.15) is 5.69 Å². The molecule has 220 valence electrons. The van der Waals surface area contributed by atoms with Crippen LogP contribution in [0, 0.1) is 6.92 Å². The molecule has 0 saturated heterocycles. The maximum absolute atomic E-state index is 12.7. The fraction of sp³-hybridized carbons (Fsp3) is 0.448. The summed E-state index contributed by atoms with van der Waals surface area (Å²) in [4.78, 5) is 24.4. The van der Waals surface area contributed by atoms with Crippen LogP contribution in [0.4, 0.5) is 0 Å². The Balaban J connectivity index is 0.000000296. The summed E-state index contributed by atoms with van der Waals surface area (Å²) < 4.78 is 15.5. The van der Waals surface area contributed by atoms with Crippen molar-refractivity contribution >= 4 is 46.0 Å². The number of hydrogen-bond acceptors (Lipinski definition) is 7. The molecule has 3 aromatic heterocycles. The highest BCUT2D eigenvalue weighted by atomic mass is 35.5. The molecule has 1 aliphatic heterocycles. The van der Waals surface area contributed by atoms with Crippen LogP contribution in [0.2, 0.25) is 5.02 Å². The van der Waals surface area contributed by atoms with E-state index in [0.717, 1.165) is 70.6 Å². The molecule has 0 aliphatic carbocycles. The molecule has 1 aromatic carbocycles. The van der Waals surface area contributed by atoms with Gasteiger partial charge in [-0.05, 0) is 50.9 Å². The van der Waals surface area contributed by atoms with Crippen LogP contribution in [-0.2, 0) is 60.2 Å². The van der Waals surface area contributed by atoms with E-state index in [1.54, 1.807) is 4.68 Å². The molecule has 0 bridgehead atoms. The highest BCUT2D eigenvalue weighted by molar-refractivity contribution is 6.35. The molecule has 0 atom stereocenters. The molecule has 4 aromatic rings. The molecule has 12 heteroatoms. The number of rotatable bonds is 8. The minimum absolute atomic E-state index is 0.166. The highest BCUT2D eigenvalue weighted by Crippen LogP contribution is 2.43. The standard InChI is InChI=1S/C22H24ClN3O4.C7H12ClN3/c1-12-18(16-6-5-11-26(16)24-12)19-15(23)9-7-13-14(8-10-17(27)29-3)21(22(28)30-4)25(2)20(13)19;1-9-5-6-3-7(4-8)11(2)10-6/h7,9H,5-6,8,10-11H2,1-4H3;3,9H,4-5H2,1-2H3. The number of fused-ring (bicyclic) bond motifs is 2. The van der Waals surface area contributed by atoms with Gasteiger partial charge in [-0.2, -0.15) is 10.2 Å². The monoisotopic (exact) mass is 602 g/mol. The molecule has 10 nitrogen and oxygen atoms in total. The minimum Gasteiger partial charge on any atom is -0.469 e. The lowest BCUT2D eigenvalue weighted by molar-refractivity contribution is -0.140. The Labute approximate surface area is 249 Å². The van der Waals surface area contributed by atoms with E-state index in [9.17, 15) is 9.59 Å². The number of methoxy groups -OCH3 is 2. The molecule has 1 N–H and O–H groups in total. The number of carbonyl (C=O) groups excluding carboxylic acids is 2. The first-order valence-electron chi connectivity index (χ1n) is 13.4. The first-order chi connectivity index (χ1) is 19.7. The van der Waals surface area contributed by atoms with Crippen LogP contribution in [0.25, 0.3) is 22.0 Å². The minimum atomic E-state index is -0.451. The van der Waals surface area contributed by atoms with E-state index in [-0.39, 0.29) is 12.4 Å². The van der Waals surface area contributed by atoms with E-state index >= 15 is 0 Å². The smallest absolute Gasteiger partial charge is 0.354 e. The lowest BCUT2D eigenvalue weighted by atomic mass is 9.97. The molecule has 0 fully saturated rings. The van der Waals surface area contributed by atoms with Gasteiger partial charge in [-0.1, -0.05) is 17.7 Å². The summed E-state index contributed by atoms with van der Waals surface area (Å²) >= 11 is 12.4. The zero-order valence-electron chi connectivity index (χ0n) is 24.3. The average molecular weight is 604 g/mol. The lowest BCUT2D eigenvalue weighted by Gasteiger charge is -2.11. The van der Waals surface area contributed by atoms with Gasteiger partial charge in [0, 0.05) is 55.8 Å². The van der Waals surface area contributed by atoms with E-state index in [1.165, 1.54) is 19.9 Å². The van der Waals surface area contributed by atoms with Gasteiger partial charge in [-0.25, -0.2) is 4.79 Å². The quantitative estimate of drug-likeness (QED) is 0.230. The number of hydrogen-bond donors (Lipinski definition) is 1. The van der Waals surface area contributed by atoms with E-state index < -0.39 is 5.97 Å². The number of nitrogens with one attached hydrogen (secondary N) is 1. The van der Waals surface area contributed by atoms with Crippen molar-refractivity contribution in [2.45, 2.75) is 51.6 Å². The molecule has 0 spiro atoms. The third-order valence-corrected chi connectivity index (χ3v) is 7.97. The first-order valence-corrected chi connectivity index (χ1v) is 14.3. The van der Waals surface area contributed by atoms with Crippen LogP contribution in [0.15, 0.2) is 18.2 Å². The normalized spacial score (nSPS) is 12.3. The van der Waals surface area contributed by atoms with Gasteiger partial charge in [0.25, 0.3) is 0 Å². The highest BCUT2D eigenvalue weighted by Gasteiger charge is 2.29. The van der Waals surface area contributed by atoms with E-state index in [1.807, 2.05) is 55.5 Å². The van der Waals surface area contributed by atoms with Crippen LogP contribution >= 0.6 is 23.2 Å². The molecule has 0 unspecified atom stereocenters. The summed E-state index contributed by atoms with van der Waals surface area (Å²) in [6.45, 7) is 3.68. The Bertz CT molecular complexity index is 1590. The summed E-state index contributed by atoms with van der Waals surface area (Å²) in [5.41, 5.74) is 8.07. The predicted octanol–water partition coefficient (Wildman–Crippen LogP) is 4.72. The van der Waals surface area contributed by atoms with Crippen molar-refractivity contribution in [2.24, 2.45) is 14.1 Å². The Morgan fingerprint density at radius 1 is 1.12 bits per heavy atom. The van der Waals surface area contributed by atoms with Crippen LogP contribution in [-0.4, -0.2) is 57.3 Å². The second-order valence-corrected chi connectivity index (χ2v) is 10.6. The fourth-order valence-electron chi connectivity index (χ4n) is 5.53. The van der Waals surface area contributed by atoms with Crippen molar-refractivity contribution in [3.05, 3.63) is 57.3 Å². The van der Waals surface area contributed by atoms with Crippen molar-refractivity contribution in [1.29, 1.82) is 0 Å². The van der Waals surface area contributed by atoms with Crippen LogP contribution in [0.1, 0.15) is 51.7 Å². The number of aromatic nitrogens is 5. The molecule has 5 rings (SSSR count). The summed E-state index contributed by atoms with van der Waals surface area (Å²) in [6.07, 6.45) is 2.51. The van der Waals surface area contributed by atoms with Crippen molar-refractivity contribution in [2.75, 3.05) is 21.3 Å². The number of carbonyl (C=O) groups is 2. The maximum atomic E-state index is 12.7. The zero-order chi connectivity index (χ0) is 29.8. The van der Waals surface area contributed by atoms with Gasteiger partial charge in [-0.3, -0.25) is 14.2 Å². The van der Waals surface area contributed by atoms with Gasteiger partial charge in [0.15, 0.2) is 0 Å². The molecule has 0 saturated carbocycles. The third-order valence-electron chi connectivity index (χ3n) is 7.38. The Hall–Kier alpha value is -3.34. The molecular weight excluding hydrogens is 567 g/mol. The van der Waals surface area contributed by atoms with Gasteiger partial charge in [0.05, 0.1) is 47.7 Å². The van der Waals surface area contributed by atoms with Crippen molar-refractivity contribution in [1.82, 2.24) is 29.4 Å². The van der Waals surface area contributed by atoms with E-state index in [0.29, 0.717) is 23.0 Å². The summed E-state index contributed by atoms with van der Waals surface area (Å²) in [7, 11) is 8.34. The first kappa shape index (κ1) is 30.6. The Kier molecular flexibility index (Phi) is 9.78. The van der Waals surface area contributed by atoms with Crippen molar-refractivity contribution in [3.63, 3.8) is 0 Å². The number of nitrogens with zero attached hydrogens (tertiary/aromatic N) is 5. The number of benzene rings is 1. The fourth-order valence-corrected chi connectivity index (χ4v) is 6.03. The number of aryl methyl sites for hydroxylation is 5. The molecular formula is C29H36Cl2N6O4. The van der Waals surface area contributed by atoms with Crippen molar-refractivity contribution < 1.29 is 19.1 Å². The number of halogens is 2. The van der Waals surface area contributed by atoms with Crippen LogP contribution in [0.3, 0.4) is 0 Å². The molecule has 0 radical (unpaired) electrons. The second kappa shape index (κ2) is 13.1. The predicted molar refractivity (Wildman–Crippen MR) is 159 cm³/mol. The number of esters is 2. The van der Waals surface area contributed by atoms with E-state index in [2.05, 4.69) is 10.4 Å². The largest absolute Gasteiger partial charge is 0.469 e. The van der Waals surface area contributed by atoms with Gasteiger partial charge < -0.3 is 19.4 Å². The molecule has 4 heterocycles. The molecule has 1 aliphatic rings. The summed E-state index contributed by atoms with van der Waals surface area (Å²) in [5.74, 6) is -0.261. The summed E-state index contributed by atoms with van der Waals surface area (Å²) in [6, 6.07) is 5.75. The maximum Gasteiger partial charge on any atom is 0.354 e. The van der Waals surface area contributed by atoms with Crippen LogP contribution < -0.4 is 5.32 Å². The second-order valence-electron chi connectivity index (χ2n) is 9.92. The Morgan fingerprint density at radius 2 is 1.88 bits per heavy atom. The van der Waals surface area contributed by atoms with E-state index in [4.69, 9.17) is 37.8 Å². The SMILES string of the molecule is CNCc1cc(CCl)n(C)n1.COC(=O)CCc1c(C(=O)OC)n(C)c2c(-c3c(C)nn4c3CCC4)c(Cl)ccc12. The topological polar surface area (TPSA) is 105 Å². The lowest BCUT2D eigenvalue weighted by Crippen LogP contribution is -2.11. The molecule has 41 heavy (non-hydrogen) atoms. The Morgan fingerprint density at radius 3 is 2.51 bits per heavy atom. The zero-order valence-corrected chi connectivity index (χ0v) is 25.8. The average Bonchev–Trinajstić information content (AvgIpc) is 3.70. The van der Waals surface area contributed by atoms with Gasteiger partial charge in [-0.15, -0.1) is 11.6 Å².